The average Bonchev–Trinajstić information content (AvgIpc) is 2.75. The zero-order valence-corrected chi connectivity index (χ0v) is 12.9. The number of rotatable bonds is 3. The smallest absolute Gasteiger partial charge is 0.185 e. The molecule has 1 aromatic carbocycles. The number of hydrogen-bond acceptors (Lipinski definition) is 2. The predicted octanol–water partition coefficient (Wildman–Crippen LogP) is 5.71. The summed E-state index contributed by atoms with van der Waals surface area (Å²) in [5, 5.41) is 2.79. The number of carbonyl (C=O) groups is 1. The fraction of sp³-hybridized carbons (Fsp3) is 0. The van der Waals surface area contributed by atoms with Gasteiger partial charge in [-0.1, -0.05) is 23.2 Å². The molecule has 0 spiro atoms. The third-order valence-corrected chi connectivity index (χ3v) is 4.59. The van der Waals surface area contributed by atoms with E-state index in [2.05, 4.69) is 15.9 Å². The van der Waals surface area contributed by atoms with Gasteiger partial charge in [0.2, 0.25) is 0 Å². The minimum atomic E-state index is -0.0990. The van der Waals surface area contributed by atoms with Gasteiger partial charge in [-0.15, -0.1) is 11.3 Å². The molecule has 0 radical (unpaired) electrons. The number of allylic oxidation sites excluding steroid dienone is 1. The zero-order chi connectivity index (χ0) is 13.1. The summed E-state index contributed by atoms with van der Waals surface area (Å²) in [6.45, 7) is 0. The van der Waals surface area contributed by atoms with E-state index >= 15 is 0 Å². The number of benzene rings is 1. The van der Waals surface area contributed by atoms with Gasteiger partial charge in [0.15, 0.2) is 5.78 Å². The Kier molecular flexibility index (Phi) is 4.62. The largest absolute Gasteiger partial charge is 0.289 e. The molecule has 0 amide bonds. The fourth-order valence-electron chi connectivity index (χ4n) is 1.32. The van der Waals surface area contributed by atoms with Crippen molar-refractivity contribution in [3.8, 4) is 0 Å². The summed E-state index contributed by atoms with van der Waals surface area (Å²) >= 11 is 16.6. The highest BCUT2D eigenvalue weighted by molar-refractivity contribution is 9.10. The fourth-order valence-corrected chi connectivity index (χ4v) is 2.95. The molecule has 2 aromatic rings. The van der Waals surface area contributed by atoms with Crippen LogP contribution in [0.3, 0.4) is 0 Å². The van der Waals surface area contributed by atoms with Gasteiger partial charge in [-0.05, 0) is 52.3 Å². The third-order valence-electron chi connectivity index (χ3n) is 2.19. The highest BCUT2D eigenvalue weighted by atomic mass is 79.9. The summed E-state index contributed by atoms with van der Waals surface area (Å²) in [4.78, 5) is 12.9. The minimum absolute atomic E-state index is 0.0990. The van der Waals surface area contributed by atoms with Gasteiger partial charge in [-0.3, -0.25) is 4.79 Å². The molecule has 1 aromatic heterocycles. The number of thiophene rings is 1. The molecule has 1 heterocycles. The lowest BCUT2D eigenvalue weighted by Crippen LogP contribution is -1.93. The molecule has 0 aliphatic carbocycles. The van der Waals surface area contributed by atoms with Crippen molar-refractivity contribution in [2.45, 2.75) is 0 Å². The van der Waals surface area contributed by atoms with Gasteiger partial charge in [0.1, 0.15) is 0 Å². The summed E-state index contributed by atoms with van der Waals surface area (Å²) in [5.74, 6) is -0.0990. The van der Waals surface area contributed by atoms with Crippen molar-refractivity contribution < 1.29 is 4.79 Å². The SMILES string of the molecule is O=C(/C=C/c1cc(Br)cs1)c1ccc(Cl)c(Cl)c1. The first-order valence-corrected chi connectivity index (χ1v) is 7.40. The van der Waals surface area contributed by atoms with Gasteiger partial charge >= 0.3 is 0 Å². The van der Waals surface area contributed by atoms with Crippen molar-refractivity contribution in [3.63, 3.8) is 0 Å². The summed E-state index contributed by atoms with van der Waals surface area (Å²) in [7, 11) is 0. The van der Waals surface area contributed by atoms with Crippen LogP contribution in [0.25, 0.3) is 6.08 Å². The highest BCUT2D eigenvalue weighted by Gasteiger charge is 2.05. The van der Waals surface area contributed by atoms with E-state index in [1.165, 1.54) is 6.08 Å². The lowest BCUT2D eigenvalue weighted by molar-refractivity contribution is 0.104. The molecule has 0 N–H and O–H groups in total. The van der Waals surface area contributed by atoms with Crippen LogP contribution in [-0.4, -0.2) is 5.78 Å². The molecule has 2 rings (SSSR count). The van der Waals surface area contributed by atoms with Gasteiger partial charge < -0.3 is 0 Å². The van der Waals surface area contributed by atoms with E-state index in [9.17, 15) is 4.79 Å². The second kappa shape index (κ2) is 6.02. The molecule has 5 heteroatoms. The first-order chi connectivity index (χ1) is 8.56. The van der Waals surface area contributed by atoms with Crippen LogP contribution in [-0.2, 0) is 0 Å². The molecule has 0 atom stereocenters. The number of halogens is 3. The van der Waals surface area contributed by atoms with Crippen LogP contribution in [0, 0.1) is 0 Å². The van der Waals surface area contributed by atoms with Crippen LogP contribution < -0.4 is 0 Å². The molecule has 0 saturated carbocycles. The standard InChI is InChI=1S/C13H7BrCl2OS/c14-9-6-10(18-7-9)2-4-13(17)8-1-3-11(15)12(16)5-8/h1-7H/b4-2+. The van der Waals surface area contributed by atoms with Crippen LogP contribution in [0.15, 0.2) is 40.2 Å². The maximum atomic E-state index is 11.9. The van der Waals surface area contributed by atoms with Gasteiger partial charge in [-0.25, -0.2) is 0 Å². The van der Waals surface area contributed by atoms with E-state index in [-0.39, 0.29) is 5.78 Å². The maximum absolute atomic E-state index is 11.9. The summed E-state index contributed by atoms with van der Waals surface area (Å²) in [5.41, 5.74) is 0.524. The Morgan fingerprint density at radius 3 is 2.61 bits per heavy atom. The molecular weight excluding hydrogens is 355 g/mol. The quantitative estimate of drug-likeness (QED) is 0.505. The zero-order valence-electron chi connectivity index (χ0n) is 8.99. The summed E-state index contributed by atoms with van der Waals surface area (Å²) < 4.78 is 1.01. The van der Waals surface area contributed by atoms with Crippen molar-refractivity contribution in [2.75, 3.05) is 0 Å². The van der Waals surface area contributed by atoms with E-state index in [1.807, 2.05) is 11.4 Å². The van der Waals surface area contributed by atoms with Crippen molar-refractivity contribution in [1.82, 2.24) is 0 Å². The van der Waals surface area contributed by atoms with Crippen LogP contribution in [0.2, 0.25) is 10.0 Å². The highest BCUT2D eigenvalue weighted by Crippen LogP contribution is 2.24. The van der Waals surface area contributed by atoms with Crippen LogP contribution in [0.5, 0.6) is 0 Å². The van der Waals surface area contributed by atoms with E-state index in [1.54, 1.807) is 35.6 Å². The van der Waals surface area contributed by atoms with E-state index in [4.69, 9.17) is 23.2 Å². The Hall–Kier alpha value is -0.610. The van der Waals surface area contributed by atoms with Crippen LogP contribution in [0.4, 0.5) is 0 Å². The molecule has 0 aliphatic heterocycles. The Labute approximate surface area is 127 Å². The summed E-state index contributed by atoms with van der Waals surface area (Å²) in [6.07, 6.45) is 3.30. The maximum Gasteiger partial charge on any atom is 0.185 e. The molecule has 0 saturated heterocycles. The molecule has 1 nitrogen and oxygen atoms in total. The lowest BCUT2D eigenvalue weighted by Gasteiger charge is -1.98. The summed E-state index contributed by atoms with van der Waals surface area (Å²) in [6, 6.07) is 6.79. The second-order valence-electron chi connectivity index (χ2n) is 3.49. The first-order valence-electron chi connectivity index (χ1n) is 4.98. The van der Waals surface area contributed by atoms with Crippen molar-refractivity contribution >= 4 is 62.3 Å². The monoisotopic (exact) mass is 360 g/mol. The molecule has 0 aliphatic rings. The Balaban J connectivity index is 2.16. The Bertz CT molecular complexity index is 619. The van der Waals surface area contributed by atoms with Crippen molar-refractivity contribution in [2.24, 2.45) is 0 Å². The topological polar surface area (TPSA) is 17.1 Å². The van der Waals surface area contributed by atoms with Crippen molar-refractivity contribution in [1.29, 1.82) is 0 Å². The molecular formula is C13H7BrCl2OS. The normalized spacial score (nSPS) is 11.1. The third kappa shape index (κ3) is 3.45. The van der Waals surface area contributed by atoms with E-state index < -0.39 is 0 Å². The lowest BCUT2D eigenvalue weighted by atomic mass is 10.1. The Morgan fingerprint density at radius 2 is 2.00 bits per heavy atom. The number of carbonyl (C=O) groups excluding carboxylic acids is 1. The number of hydrogen-bond donors (Lipinski definition) is 0. The van der Waals surface area contributed by atoms with Crippen LogP contribution >= 0.6 is 50.5 Å². The predicted molar refractivity (Wildman–Crippen MR) is 81.8 cm³/mol. The average molecular weight is 362 g/mol. The van der Waals surface area contributed by atoms with Crippen LogP contribution in [0.1, 0.15) is 15.2 Å². The van der Waals surface area contributed by atoms with E-state index in [0.717, 1.165) is 9.35 Å². The first kappa shape index (κ1) is 13.8. The molecule has 0 fully saturated rings. The molecule has 0 unspecified atom stereocenters. The number of ketones is 1. The minimum Gasteiger partial charge on any atom is -0.289 e. The van der Waals surface area contributed by atoms with E-state index in [0.29, 0.717) is 15.6 Å². The molecule has 92 valence electrons. The molecule has 0 bridgehead atoms. The Morgan fingerprint density at radius 1 is 1.22 bits per heavy atom. The molecule has 18 heavy (non-hydrogen) atoms. The second-order valence-corrected chi connectivity index (χ2v) is 6.17. The van der Waals surface area contributed by atoms with Gasteiger partial charge in [0, 0.05) is 20.3 Å². The van der Waals surface area contributed by atoms with Gasteiger partial charge in [0.05, 0.1) is 10.0 Å². The van der Waals surface area contributed by atoms with Gasteiger partial charge in [-0.2, -0.15) is 0 Å². The van der Waals surface area contributed by atoms with Crippen molar-refractivity contribution in [3.05, 3.63) is 60.7 Å². The van der Waals surface area contributed by atoms with Gasteiger partial charge in [0.25, 0.3) is 0 Å².